The van der Waals surface area contributed by atoms with Gasteiger partial charge in [0, 0.05) is 18.0 Å². The van der Waals surface area contributed by atoms with Gasteiger partial charge in [-0.3, -0.25) is 4.79 Å². The van der Waals surface area contributed by atoms with Gasteiger partial charge in [0.05, 0.1) is 6.10 Å². The molecule has 0 amide bonds. The summed E-state index contributed by atoms with van der Waals surface area (Å²) in [4.78, 5) is 10.4. The molecule has 1 fully saturated rings. The zero-order valence-corrected chi connectivity index (χ0v) is 11.6. The van der Waals surface area contributed by atoms with Crippen LogP contribution in [0, 0.1) is 5.82 Å². The number of nitrogens with zero attached hydrogens (tertiary/aromatic N) is 1. The van der Waals surface area contributed by atoms with Gasteiger partial charge < -0.3 is 10.2 Å². The molecule has 1 aromatic rings. The van der Waals surface area contributed by atoms with Crippen molar-refractivity contribution in [3.63, 3.8) is 0 Å². The van der Waals surface area contributed by atoms with Crippen LogP contribution in [-0.2, 0) is 14.8 Å². The zero-order valence-electron chi connectivity index (χ0n) is 10.0. The molecule has 110 valence electrons. The fourth-order valence-electron chi connectivity index (χ4n) is 2.09. The third-order valence-electron chi connectivity index (χ3n) is 3.00. The number of hydrogen-bond acceptors (Lipinski definition) is 4. The summed E-state index contributed by atoms with van der Waals surface area (Å²) >= 11 is 5.55. The van der Waals surface area contributed by atoms with E-state index < -0.39 is 38.9 Å². The predicted octanol–water partition coefficient (Wildman–Crippen LogP) is 0.688. The molecule has 1 aliphatic heterocycles. The minimum absolute atomic E-state index is 0.0256. The zero-order chi connectivity index (χ0) is 15.1. The van der Waals surface area contributed by atoms with Crippen molar-refractivity contribution in [3.05, 3.63) is 29.0 Å². The summed E-state index contributed by atoms with van der Waals surface area (Å²) in [5, 5.41) is 18.5. The van der Waals surface area contributed by atoms with E-state index in [0.717, 1.165) is 12.1 Å². The first-order valence-corrected chi connectivity index (χ1v) is 7.43. The van der Waals surface area contributed by atoms with Crippen LogP contribution in [0.5, 0.6) is 0 Å². The van der Waals surface area contributed by atoms with Crippen molar-refractivity contribution in [3.8, 4) is 0 Å². The molecule has 0 bridgehead atoms. The van der Waals surface area contributed by atoms with Crippen molar-refractivity contribution in [2.24, 2.45) is 0 Å². The number of β-amino-alcohol motifs (C(OH)–C–C–N with tert-alkyl or cyclic N) is 1. The van der Waals surface area contributed by atoms with E-state index in [2.05, 4.69) is 0 Å². The highest BCUT2D eigenvalue weighted by atomic mass is 35.5. The standard InChI is InChI=1S/C11H11ClFNO5S/c12-6-1-2-10(8(13)3-6)20(18,19)14-5-7(15)4-9(14)11(16)17/h1-3,7,9,15H,4-5H2,(H,16,17). The monoisotopic (exact) mass is 323 g/mol. The summed E-state index contributed by atoms with van der Waals surface area (Å²) in [7, 11) is -4.35. The minimum Gasteiger partial charge on any atom is -0.480 e. The van der Waals surface area contributed by atoms with Crippen LogP contribution in [0.1, 0.15) is 6.42 Å². The van der Waals surface area contributed by atoms with Crippen molar-refractivity contribution >= 4 is 27.6 Å². The lowest BCUT2D eigenvalue weighted by Gasteiger charge is -2.20. The van der Waals surface area contributed by atoms with Crippen LogP contribution >= 0.6 is 11.6 Å². The molecule has 0 spiro atoms. The van der Waals surface area contributed by atoms with Crippen LogP contribution in [0.4, 0.5) is 4.39 Å². The Morgan fingerprint density at radius 1 is 1.45 bits per heavy atom. The largest absolute Gasteiger partial charge is 0.480 e. The lowest BCUT2D eigenvalue weighted by molar-refractivity contribution is -0.140. The first-order chi connectivity index (χ1) is 9.23. The molecular weight excluding hydrogens is 313 g/mol. The van der Waals surface area contributed by atoms with Gasteiger partial charge in [0.2, 0.25) is 10.0 Å². The molecular formula is C11H11ClFNO5S. The van der Waals surface area contributed by atoms with Gasteiger partial charge in [-0.25, -0.2) is 12.8 Å². The highest BCUT2D eigenvalue weighted by molar-refractivity contribution is 7.89. The number of halogens is 2. The molecule has 9 heteroatoms. The van der Waals surface area contributed by atoms with Gasteiger partial charge in [-0.05, 0) is 18.2 Å². The minimum atomic E-state index is -4.35. The quantitative estimate of drug-likeness (QED) is 0.853. The van der Waals surface area contributed by atoms with Gasteiger partial charge in [0.15, 0.2) is 0 Å². The van der Waals surface area contributed by atoms with Crippen molar-refractivity contribution in [2.75, 3.05) is 6.54 Å². The normalized spacial score (nSPS) is 23.9. The van der Waals surface area contributed by atoms with Crippen LogP contribution in [-0.4, -0.2) is 47.6 Å². The number of aliphatic hydroxyl groups is 1. The highest BCUT2D eigenvalue weighted by Gasteiger charge is 2.44. The van der Waals surface area contributed by atoms with E-state index in [4.69, 9.17) is 16.7 Å². The van der Waals surface area contributed by atoms with Crippen LogP contribution in [0.2, 0.25) is 5.02 Å². The Morgan fingerprint density at radius 2 is 2.10 bits per heavy atom. The molecule has 0 aromatic heterocycles. The van der Waals surface area contributed by atoms with E-state index in [0.29, 0.717) is 4.31 Å². The number of benzene rings is 1. The van der Waals surface area contributed by atoms with Gasteiger partial charge in [-0.15, -0.1) is 0 Å². The number of aliphatic hydroxyl groups excluding tert-OH is 1. The first kappa shape index (κ1) is 15.2. The second kappa shape index (κ2) is 5.28. The SMILES string of the molecule is O=C(O)C1CC(O)CN1S(=O)(=O)c1ccc(Cl)cc1F. The Balaban J connectivity index is 2.46. The topological polar surface area (TPSA) is 94.9 Å². The molecule has 0 aliphatic carbocycles. The molecule has 6 nitrogen and oxygen atoms in total. The summed E-state index contributed by atoms with van der Waals surface area (Å²) in [6.07, 6.45) is -1.33. The number of hydrogen-bond donors (Lipinski definition) is 2. The van der Waals surface area contributed by atoms with Crippen molar-refractivity contribution < 1.29 is 27.8 Å². The van der Waals surface area contributed by atoms with Gasteiger partial charge in [0.25, 0.3) is 0 Å². The van der Waals surface area contributed by atoms with E-state index in [-0.39, 0.29) is 18.0 Å². The Labute approximate surface area is 119 Å². The van der Waals surface area contributed by atoms with Crippen LogP contribution < -0.4 is 0 Å². The van der Waals surface area contributed by atoms with Crippen LogP contribution in [0.15, 0.2) is 23.1 Å². The number of carbonyl (C=O) groups is 1. The molecule has 1 saturated heterocycles. The Kier molecular flexibility index (Phi) is 4.01. The van der Waals surface area contributed by atoms with Crippen LogP contribution in [0.3, 0.4) is 0 Å². The molecule has 2 N–H and O–H groups in total. The average Bonchev–Trinajstić information content (AvgIpc) is 2.71. The van der Waals surface area contributed by atoms with Gasteiger partial charge >= 0.3 is 5.97 Å². The van der Waals surface area contributed by atoms with E-state index in [1.165, 1.54) is 6.07 Å². The Hall–Kier alpha value is -1.22. The smallest absolute Gasteiger partial charge is 0.322 e. The molecule has 2 atom stereocenters. The maximum absolute atomic E-state index is 13.7. The lowest BCUT2D eigenvalue weighted by Crippen LogP contribution is -2.40. The average molecular weight is 324 g/mol. The number of rotatable bonds is 3. The molecule has 1 heterocycles. The molecule has 1 aromatic carbocycles. The summed E-state index contributed by atoms with van der Waals surface area (Å²) in [6, 6.07) is 1.58. The van der Waals surface area contributed by atoms with E-state index in [1.54, 1.807) is 0 Å². The van der Waals surface area contributed by atoms with Crippen molar-refractivity contribution in [1.82, 2.24) is 4.31 Å². The summed E-state index contributed by atoms with van der Waals surface area (Å²) in [5.41, 5.74) is 0. The maximum Gasteiger partial charge on any atom is 0.322 e. The lowest BCUT2D eigenvalue weighted by atomic mass is 10.2. The predicted molar refractivity (Wildman–Crippen MR) is 67.3 cm³/mol. The second-order valence-corrected chi connectivity index (χ2v) is 6.69. The first-order valence-electron chi connectivity index (χ1n) is 5.61. The molecule has 2 unspecified atom stereocenters. The summed E-state index contributed by atoms with van der Waals surface area (Å²) < 4.78 is 38.9. The molecule has 20 heavy (non-hydrogen) atoms. The number of aliphatic carboxylic acids is 1. The van der Waals surface area contributed by atoms with Crippen molar-refractivity contribution in [2.45, 2.75) is 23.5 Å². The summed E-state index contributed by atoms with van der Waals surface area (Å²) in [6.45, 7) is -0.388. The summed E-state index contributed by atoms with van der Waals surface area (Å²) in [5.74, 6) is -2.46. The van der Waals surface area contributed by atoms with E-state index in [1.807, 2.05) is 0 Å². The highest BCUT2D eigenvalue weighted by Crippen LogP contribution is 2.29. The van der Waals surface area contributed by atoms with E-state index in [9.17, 15) is 22.7 Å². The molecule has 0 saturated carbocycles. The van der Waals surface area contributed by atoms with Gasteiger partial charge in [-0.1, -0.05) is 11.6 Å². The second-order valence-electron chi connectivity index (χ2n) is 4.39. The fourth-order valence-corrected chi connectivity index (χ4v) is 3.92. The van der Waals surface area contributed by atoms with Gasteiger partial charge in [-0.2, -0.15) is 4.31 Å². The number of sulfonamides is 1. The molecule has 0 radical (unpaired) electrons. The van der Waals surface area contributed by atoms with Gasteiger partial charge in [0.1, 0.15) is 16.8 Å². The molecule has 2 rings (SSSR count). The number of carboxylic acids is 1. The molecule has 1 aliphatic rings. The maximum atomic E-state index is 13.7. The van der Waals surface area contributed by atoms with Crippen molar-refractivity contribution in [1.29, 1.82) is 0 Å². The Morgan fingerprint density at radius 3 is 2.65 bits per heavy atom. The van der Waals surface area contributed by atoms with E-state index >= 15 is 0 Å². The Bertz CT molecular complexity index is 650. The third kappa shape index (κ3) is 2.64. The fraction of sp³-hybridized carbons (Fsp3) is 0.364. The number of carboxylic acid groups (broad SMARTS) is 1. The van der Waals surface area contributed by atoms with Crippen LogP contribution in [0.25, 0.3) is 0 Å². The third-order valence-corrected chi connectivity index (χ3v) is 5.14.